The second kappa shape index (κ2) is 29.1. The molecule has 0 saturated carbocycles. The van der Waals surface area contributed by atoms with Crippen molar-refractivity contribution in [1.29, 1.82) is 0 Å². The fourth-order valence-corrected chi connectivity index (χ4v) is 8.94. The standard InChI is InChI=1S/C28H23N5O19S6.5Na/c29-19-7-5-16-18(25(19)32-30-20-8-4-14(12-24(20)57(40,41)42)56(38,39)11-10-46-55-52-49-37)13-23(54-51-48-36)26(27(16)34)33-31-21-9-6-15-17(28(21)58(43,44)45)2-1-3-22(15)53-50-47-35;;;;;/h1-9,12-13,34-37H,10-11,29H2,(H,40,41,42)(H,43,44,45);;;;;/q;5*+1/p-5. The van der Waals surface area contributed by atoms with Gasteiger partial charge in [-0.2, -0.15) is 8.67 Å². The Morgan fingerprint density at radius 1 is 0.619 bits per heavy atom. The molecule has 63 heavy (non-hydrogen) atoms. The van der Waals surface area contributed by atoms with Crippen LogP contribution in [0.25, 0.3) is 21.5 Å². The van der Waals surface area contributed by atoms with Crippen molar-refractivity contribution in [1.82, 2.24) is 0 Å². The minimum Gasteiger partial charge on any atom is -0.744 e. The van der Waals surface area contributed by atoms with Crippen molar-refractivity contribution < 1.29 is 235 Å². The number of fused-ring (bicyclic) bond motifs is 2. The minimum atomic E-state index is -5.41. The number of sulfone groups is 1. The first-order valence-electron chi connectivity index (χ1n) is 14.8. The van der Waals surface area contributed by atoms with Crippen LogP contribution in [0, 0.1) is 0 Å². The number of phenols is 1. The number of azo groups is 2. The van der Waals surface area contributed by atoms with Crippen molar-refractivity contribution in [3.63, 3.8) is 0 Å². The molecule has 0 bridgehead atoms. The fraction of sp³-hybridized carbons (Fsp3) is 0.0714. The molecule has 0 unspecified atom stereocenters. The summed E-state index contributed by atoms with van der Waals surface area (Å²) in [5, 5.41) is 67.5. The van der Waals surface area contributed by atoms with E-state index in [1.165, 1.54) is 42.5 Å². The largest absolute Gasteiger partial charge is 1.00 e. The van der Waals surface area contributed by atoms with Crippen molar-refractivity contribution in [2.24, 2.45) is 20.5 Å². The number of nitrogens with two attached hydrogens (primary N) is 1. The Morgan fingerprint density at radius 2 is 1.21 bits per heavy atom. The summed E-state index contributed by atoms with van der Waals surface area (Å²) >= 11 is 0.640. The number of hydrogen-bond donors (Lipinski definition) is 2. The van der Waals surface area contributed by atoms with Crippen LogP contribution in [-0.2, 0) is 62.4 Å². The molecule has 35 heteroatoms. The van der Waals surface area contributed by atoms with Gasteiger partial charge in [0, 0.05) is 21.1 Å². The maximum Gasteiger partial charge on any atom is 1.00 e. The predicted molar refractivity (Wildman–Crippen MR) is 189 cm³/mol. The van der Waals surface area contributed by atoms with E-state index in [9.17, 15) is 55.2 Å². The molecular formula is C28H18N5Na5O19S6. The topological polar surface area (TPSA) is 378 Å². The number of aromatic hydroxyl groups is 1. The van der Waals surface area contributed by atoms with Gasteiger partial charge in [0.25, 0.3) is 0 Å². The van der Waals surface area contributed by atoms with E-state index in [0.29, 0.717) is 18.1 Å². The Hall–Kier alpha value is 0.840. The van der Waals surface area contributed by atoms with Crippen LogP contribution >= 0.6 is 36.4 Å². The molecule has 0 spiro atoms. The van der Waals surface area contributed by atoms with Crippen LogP contribution in [0.1, 0.15) is 0 Å². The van der Waals surface area contributed by atoms with Crippen LogP contribution in [0.15, 0.2) is 112 Å². The second-order valence-corrected chi connectivity index (χ2v) is 17.4. The molecule has 5 aromatic carbocycles. The maximum atomic E-state index is 12.7. The van der Waals surface area contributed by atoms with Gasteiger partial charge in [-0.25, -0.2) is 25.3 Å². The summed E-state index contributed by atoms with van der Waals surface area (Å²) in [5.74, 6) is -1.47. The van der Waals surface area contributed by atoms with Gasteiger partial charge in [0.15, 0.2) is 27.9 Å². The smallest absolute Gasteiger partial charge is 0.744 e. The Bertz CT molecular complexity index is 2770. The van der Waals surface area contributed by atoms with Gasteiger partial charge in [-0.3, -0.25) is 19.3 Å². The first-order chi connectivity index (χ1) is 27.5. The van der Waals surface area contributed by atoms with Gasteiger partial charge in [-0.1, -0.05) is 18.2 Å². The van der Waals surface area contributed by atoms with Crippen LogP contribution in [-0.4, -0.2) is 51.8 Å². The van der Waals surface area contributed by atoms with Gasteiger partial charge in [-0.05, 0) is 53.9 Å². The molecule has 0 atom stereocenters. The van der Waals surface area contributed by atoms with Gasteiger partial charge < -0.3 is 35.7 Å². The minimum absolute atomic E-state index is 0. The van der Waals surface area contributed by atoms with E-state index in [-0.39, 0.29) is 215 Å². The van der Waals surface area contributed by atoms with Crippen LogP contribution in [0.4, 0.5) is 28.4 Å². The Labute approximate surface area is 480 Å². The van der Waals surface area contributed by atoms with Crippen molar-refractivity contribution >= 4 is 116 Å². The van der Waals surface area contributed by atoms with Gasteiger partial charge in [0.2, 0.25) is 0 Å². The molecule has 0 aromatic heterocycles. The normalized spacial score (nSPS) is 11.8. The van der Waals surface area contributed by atoms with Crippen LogP contribution in [0.2, 0.25) is 0 Å². The van der Waals surface area contributed by atoms with Crippen molar-refractivity contribution in [2.45, 2.75) is 24.5 Å². The molecule has 310 valence electrons. The van der Waals surface area contributed by atoms with Crippen LogP contribution in [0.5, 0.6) is 5.75 Å². The van der Waals surface area contributed by atoms with Crippen molar-refractivity contribution in [3.8, 4) is 5.75 Å². The van der Waals surface area contributed by atoms with E-state index in [0.717, 1.165) is 18.2 Å². The Morgan fingerprint density at radius 3 is 1.83 bits per heavy atom. The average molecular weight is 1040 g/mol. The molecular weight excluding hydrogens is 1020 g/mol. The van der Waals surface area contributed by atoms with E-state index in [4.69, 9.17) is 5.73 Å². The van der Waals surface area contributed by atoms with Crippen molar-refractivity contribution in [2.75, 3.05) is 18.1 Å². The summed E-state index contributed by atoms with van der Waals surface area (Å²) in [7, 11) is -15.0. The predicted octanol–water partition coefficient (Wildman–Crippen LogP) is -12.0. The van der Waals surface area contributed by atoms with Gasteiger partial charge in [0.1, 0.15) is 43.0 Å². The van der Waals surface area contributed by atoms with Gasteiger partial charge >= 0.3 is 148 Å². The summed E-state index contributed by atoms with van der Waals surface area (Å²) in [6.07, 6.45) is 0. The summed E-state index contributed by atoms with van der Waals surface area (Å²) in [4.78, 5) is -2.66. The Kier molecular flexibility index (Phi) is 29.5. The molecule has 0 aliphatic heterocycles. The number of nitrogen functional groups attached to an aromatic ring is 1. The number of phenolic OH excluding ortho intramolecular Hbond substituents is 1. The molecule has 0 radical (unpaired) electrons. The summed E-state index contributed by atoms with van der Waals surface area (Å²) in [6, 6.07) is 12.5. The molecule has 0 aliphatic carbocycles. The zero-order chi connectivity index (χ0) is 42.3. The third-order valence-electron chi connectivity index (χ3n) is 7.36. The zero-order valence-corrected chi connectivity index (χ0v) is 47.8. The molecule has 24 nitrogen and oxygen atoms in total. The second-order valence-electron chi connectivity index (χ2n) is 10.7. The molecule has 0 aliphatic rings. The first kappa shape index (κ1) is 63.8. The quantitative estimate of drug-likeness (QED) is 0.0113. The van der Waals surface area contributed by atoms with E-state index >= 15 is 0 Å². The van der Waals surface area contributed by atoms with Gasteiger partial charge in [-0.15, -0.1) is 24.8 Å². The summed E-state index contributed by atoms with van der Waals surface area (Å²) in [6.45, 7) is -0.551. The average Bonchev–Trinajstić information content (AvgIpc) is 3.17. The molecule has 5 aromatic rings. The third kappa shape index (κ3) is 16.8. The van der Waals surface area contributed by atoms with E-state index in [1.54, 1.807) is 0 Å². The van der Waals surface area contributed by atoms with E-state index in [2.05, 4.69) is 52.8 Å². The molecule has 3 N–H and O–H groups in total. The molecule has 0 fully saturated rings. The SMILES string of the molecule is Nc1ccc2c(O)c(N=Nc3ccc4c(SOO[O-])cccc4c3S(=O)(=O)[O-])c(SOO[O-])cc2c1N=Nc1ccc(S(=O)(=O)CCOSOO[O-])cc1S(=O)(=O)[O-].[Na+].[Na+].[Na+].[Na+].[Na+]. The van der Waals surface area contributed by atoms with Crippen molar-refractivity contribution in [3.05, 3.63) is 66.7 Å². The molecule has 0 amide bonds. The van der Waals surface area contributed by atoms with Crippen LogP contribution < -0.4 is 169 Å². The molecule has 0 saturated heterocycles. The number of benzene rings is 5. The summed E-state index contributed by atoms with van der Waals surface area (Å²) < 4.78 is 117. The number of hydrogen-bond acceptors (Lipinski definition) is 27. The molecule has 0 heterocycles. The first-order valence-corrected chi connectivity index (χ1v) is 21.4. The van der Waals surface area contributed by atoms with Crippen LogP contribution in [0.3, 0.4) is 0 Å². The molecule has 5 rings (SSSR count). The van der Waals surface area contributed by atoms with E-state index < -0.39 is 79.9 Å². The third-order valence-corrected chi connectivity index (χ3v) is 12.5. The maximum absolute atomic E-state index is 12.7. The number of rotatable bonds is 19. The fourth-order valence-electron chi connectivity index (χ4n) is 5.00. The number of nitrogens with zero attached hydrogens (tertiary/aromatic N) is 4. The van der Waals surface area contributed by atoms with Gasteiger partial charge in [0.05, 0.1) is 61.7 Å². The number of anilines is 1. The van der Waals surface area contributed by atoms with E-state index in [1.807, 2.05) is 0 Å². The Balaban J connectivity index is 0.00000769. The monoisotopic (exact) mass is 1030 g/mol. The summed E-state index contributed by atoms with van der Waals surface area (Å²) in [5.41, 5.74) is 4.08. The zero-order valence-electron chi connectivity index (χ0n) is 32.9.